The molecule has 1 aliphatic carbocycles. The zero-order chi connectivity index (χ0) is 9.90. The van der Waals surface area contributed by atoms with Gasteiger partial charge in [0.15, 0.2) is 0 Å². The average molecular weight is 182 g/mol. The van der Waals surface area contributed by atoms with E-state index in [9.17, 15) is 4.79 Å². The van der Waals surface area contributed by atoms with Gasteiger partial charge in [0.1, 0.15) is 6.29 Å². The van der Waals surface area contributed by atoms with Gasteiger partial charge in [0.25, 0.3) is 0 Å². The SMILES string of the molecule is CC(C)CC1CC1(C)CCCC=O. The number of hydrogen-bond acceptors (Lipinski definition) is 1. The van der Waals surface area contributed by atoms with Crippen LogP contribution in [0.15, 0.2) is 0 Å². The minimum atomic E-state index is 0.591. The van der Waals surface area contributed by atoms with E-state index in [0.717, 1.165) is 31.0 Å². The van der Waals surface area contributed by atoms with Gasteiger partial charge in [-0.25, -0.2) is 0 Å². The highest BCUT2D eigenvalue weighted by atomic mass is 16.1. The molecule has 1 fully saturated rings. The van der Waals surface area contributed by atoms with Gasteiger partial charge in [-0.3, -0.25) is 0 Å². The molecule has 1 heteroatoms. The first-order valence-corrected chi connectivity index (χ1v) is 5.52. The third kappa shape index (κ3) is 3.13. The van der Waals surface area contributed by atoms with Crippen LogP contribution < -0.4 is 0 Å². The summed E-state index contributed by atoms with van der Waals surface area (Å²) >= 11 is 0. The lowest BCUT2D eigenvalue weighted by Gasteiger charge is -2.11. The Bertz CT molecular complexity index is 174. The normalized spacial score (nSPS) is 32.2. The summed E-state index contributed by atoms with van der Waals surface area (Å²) in [5.74, 6) is 1.78. The van der Waals surface area contributed by atoms with E-state index in [2.05, 4.69) is 20.8 Å². The van der Waals surface area contributed by atoms with Crippen LogP contribution in [0.2, 0.25) is 0 Å². The van der Waals surface area contributed by atoms with Crippen molar-refractivity contribution in [1.29, 1.82) is 0 Å². The molecule has 13 heavy (non-hydrogen) atoms. The van der Waals surface area contributed by atoms with Crippen LogP contribution in [0.4, 0.5) is 0 Å². The summed E-state index contributed by atoms with van der Waals surface area (Å²) in [4.78, 5) is 10.2. The number of carbonyl (C=O) groups is 1. The van der Waals surface area contributed by atoms with Gasteiger partial charge in [-0.15, -0.1) is 0 Å². The lowest BCUT2D eigenvalue weighted by atomic mass is 9.94. The Labute approximate surface area is 81.9 Å². The Morgan fingerprint density at radius 1 is 1.54 bits per heavy atom. The third-order valence-corrected chi connectivity index (χ3v) is 3.36. The molecule has 2 unspecified atom stereocenters. The van der Waals surface area contributed by atoms with Crippen LogP contribution in [0.25, 0.3) is 0 Å². The predicted octanol–water partition coefficient (Wildman–Crippen LogP) is 3.43. The molecule has 2 atom stereocenters. The Morgan fingerprint density at radius 2 is 2.23 bits per heavy atom. The molecule has 76 valence electrons. The third-order valence-electron chi connectivity index (χ3n) is 3.36. The van der Waals surface area contributed by atoms with Crippen LogP contribution in [0, 0.1) is 17.3 Å². The summed E-state index contributed by atoms with van der Waals surface area (Å²) < 4.78 is 0. The molecule has 0 amide bonds. The maximum Gasteiger partial charge on any atom is 0.119 e. The van der Waals surface area contributed by atoms with Crippen LogP contribution >= 0.6 is 0 Å². The molecular weight excluding hydrogens is 160 g/mol. The Morgan fingerprint density at radius 3 is 2.77 bits per heavy atom. The van der Waals surface area contributed by atoms with Gasteiger partial charge in [-0.2, -0.15) is 0 Å². The second-order valence-corrected chi connectivity index (χ2v) is 5.24. The van der Waals surface area contributed by atoms with E-state index in [1.165, 1.54) is 19.3 Å². The van der Waals surface area contributed by atoms with E-state index in [1.807, 2.05) is 0 Å². The van der Waals surface area contributed by atoms with Crippen molar-refractivity contribution in [2.45, 2.75) is 52.9 Å². The number of aldehydes is 1. The molecule has 0 saturated heterocycles. The van der Waals surface area contributed by atoms with Gasteiger partial charge >= 0.3 is 0 Å². The highest BCUT2D eigenvalue weighted by Gasteiger charge is 2.48. The highest BCUT2D eigenvalue weighted by molar-refractivity contribution is 5.49. The van der Waals surface area contributed by atoms with Gasteiger partial charge in [0, 0.05) is 6.42 Å². The summed E-state index contributed by atoms with van der Waals surface area (Å²) in [6, 6.07) is 0. The Kier molecular flexibility index (Phi) is 3.52. The summed E-state index contributed by atoms with van der Waals surface area (Å²) in [6.45, 7) is 6.97. The first kappa shape index (κ1) is 10.7. The molecule has 0 spiro atoms. The van der Waals surface area contributed by atoms with Crippen molar-refractivity contribution in [3.8, 4) is 0 Å². The number of unbranched alkanes of at least 4 members (excludes halogenated alkanes) is 1. The van der Waals surface area contributed by atoms with Gasteiger partial charge in [0.05, 0.1) is 0 Å². The second-order valence-electron chi connectivity index (χ2n) is 5.24. The van der Waals surface area contributed by atoms with Crippen molar-refractivity contribution in [3.05, 3.63) is 0 Å². The molecule has 1 nitrogen and oxygen atoms in total. The molecular formula is C12H22O. The topological polar surface area (TPSA) is 17.1 Å². The van der Waals surface area contributed by atoms with Crippen molar-refractivity contribution in [2.24, 2.45) is 17.3 Å². The predicted molar refractivity (Wildman–Crippen MR) is 55.6 cm³/mol. The van der Waals surface area contributed by atoms with Crippen molar-refractivity contribution >= 4 is 6.29 Å². The minimum absolute atomic E-state index is 0.591. The second kappa shape index (κ2) is 4.26. The van der Waals surface area contributed by atoms with Crippen LogP contribution in [0.3, 0.4) is 0 Å². The van der Waals surface area contributed by atoms with Gasteiger partial charge in [0.2, 0.25) is 0 Å². The maximum atomic E-state index is 10.2. The first-order valence-electron chi connectivity index (χ1n) is 5.52. The Hall–Kier alpha value is -0.330. The quantitative estimate of drug-likeness (QED) is 0.454. The molecule has 1 aliphatic rings. The van der Waals surface area contributed by atoms with Crippen molar-refractivity contribution < 1.29 is 4.79 Å². The zero-order valence-corrected chi connectivity index (χ0v) is 9.18. The van der Waals surface area contributed by atoms with Crippen LogP contribution in [-0.4, -0.2) is 6.29 Å². The van der Waals surface area contributed by atoms with E-state index in [1.54, 1.807) is 0 Å². The highest BCUT2D eigenvalue weighted by Crippen LogP contribution is 2.58. The Balaban J connectivity index is 2.16. The molecule has 0 N–H and O–H groups in total. The lowest BCUT2D eigenvalue weighted by Crippen LogP contribution is -2.01. The monoisotopic (exact) mass is 182 g/mol. The zero-order valence-electron chi connectivity index (χ0n) is 9.18. The molecule has 1 saturated carbocycles. The van der Waals surface area contributed by atoms with E-state index in [-0.39, 0.29) is 0 Å². The fourth-order valence-electron chi connectivity index (χ4n) is 2.34. The lowest BCUT2D eigenvalue weighted by molar-refractivity contribution is -0.108. The molecule has 1 rings (SSSR count). The summed E-state index contributed by atoms with van der Waals surface area (Å²) in [7, 11) is 0. The van der Waals surface area contributed by atoms with E-state index in [4.69, 9.17) is 0 Å². The van der Waals surface area contributed by atoms with Gasteiger partial charge < -0.3 is 4.79 Å². The molecule has 0 heterocycles. The first-order chi connectivity index (χ1) is 6.08. The number of hydrogen-bond donors (Lipinski definition) is 0. The number of carbonyl (C=O) groups excluding carboxylic acids is 1. The fraction of sp³-hybridized carbons (Fsp3) is 0.917. The van der Waals surface area contributed by atoms with Gasteiger partial charge in [-0.1, -0.05) is 20.8 Å². The summed E-state index contributed by atoms with van der Waals surface area (Å²) in [5, 5.41) is 0. The maximum absolute atomic E-state index is 10.2. The van der Waals surface area contributed by atoms with E-state index >= 15 is 0 Å². The van der Waals surface area contributed by atoms with Crippen molar-refractivity contribution in [3.63, 3.8) is 0 Å². The number of rotatable bonds is 6. The molecule has 0 aromatic rings. The van der Waals surface area contributed by atoms with Crippen LogP contribution in [0.1, 0.15) is 52.9 Å². The summed E-state index contributed by atoms with van der Waals surface area (Å²) in [6.07, 6.45) is 6.91. The molecule has 0 aromatic carbocycles. The van der Waals surface area contributed by atoms with E-state index < -0.39 is 0 Å². The van der Waals surface area contributed by atoms with Gasteiger partial charge in [-0.05, 0) is 42.9 Å². The van der Waals surface area contributed by atoms with Crippen LogP contribution in [0.5, 0.6) is 0 Å². The molecule has 0 radical (unpaired) electrons. The van der Waals surface area contributed by atoms with Crippen molar-refractivity contribution in [1.82, 2.24) is 0 Å². The summed E-state index contributed by atoms with van der Waals surface area (Å²) in [5.41, 5.74) is 0.591. The van der Waals surface area contributed by atoms with Crippen molar-refractivity contribution in [2.75, 3.05) is 0 Å². The smallest absolute Gasteiger partial charge is 0.119 e. The average Bonchev–Trinajstić information content (AvgIpc) is 2.61. The molecule has 0 bridgehead atoms. The standard InChI is InChI=1S/C12H22O/c1-10(2)8-11-9-12(11,3)6-4-5-7-13/h7,10-11H,4-6,8-9H2,1-3H3. The van der Waals surface area contributed by atoms with E-state index in [0.29, 0.717) is 5.41 Å². The fourth-order valence-corrected chi connectivity index (χ4v) is 2.34. The van der Waals surface area contributed by atoms with Crippen LogP contribution in [-0.2, 0) is 4.79 Å². The minimum Gasteiger partial charge on any atom is -0.303 e. The molecule has 0 aliphatic heterocycles. The largest absolute Gasteiger partial charge is 0.303 e. The molecule has 0 aromatic heterocycles.